The molecule has 0 saturated heterocycles. The molecule has 0 spiro atoms. The maximum atomic E-state index is 12.5. The van der Waals surface area contributed by atoms with Crippen LogP contribution in [-0.4, -0.2) is 26.6 Å². The van der Waals surface area contributed by atoms with Gasteiger partial charge in [0.2, 0.25) is 5.91 Å². The van der Waals surface area contributed by atoms with Crippen LogP contribution in [0.15, 0.2) is 35.6 Å². The van der Waals surface area contributed by atoms with Gasteiger partial charge in [0.15, 0.2) is 0 Å². The smallest absolute Gasteiger partial charge is 0.234 e. The summed E-state index contributed by atoms with van der Waals surface area (Å²) in [6.45, 7) is 2.22. The molecule has 1 amide bonds. The number of pyridine rings is 1. The number of aryl methyl sites for hydroxylation is 2. The van der Waals surface area contributed by atoms with Gasteiger partial charge in [-0.25, -0.2) is 15.0 Å². The number of benzene rings is 1. The van der Waals surface area contributed by atoms with Crippen LogP contribution in [0.1, 0.15) is 43.0 Å². The molecule has 0 atom stereocenters. The van der Waals surface area contributed by atoms with Crippen molar-refractivity contribution in [1.29, 1.82) is 0 Å². The first-order valence-electron chi connectivity index (χ1n) is 10.9. The van der Waals surface area contributed by atoms with Crippen molar-refractivity contribution in [3.8, 4) is 0 Å². The maximum Gasteiger partial charge on any atom is 0.234 e. The van der Waals surface area contributed by atoms with E-state index in [-0.39, 0.29) is 11.7 Å². The van der Waals surface area contributed by atoms with Crippen molar-refractivity contribution in [1.82, 2.24) is 15.0 Å². The summed E-state index contributed by atoms with van der Waals surface area (Å²) >= 11 is 9.23. The van der Waals surface area contributed by atoms with Gasteiger partial charge >= 0.3 is 0 Å². The third-order valence-electron chi connectivity index (χ3n) is 5.78. The number of aromatic nitrogens is 3. The molecule has 164 valence electrons. The molecule has 5 nitrogen and oxygen atoms in total. The number of thioether (sulfide) groups is 1. The van der Waals surface area contributed by atoms with Crippen molar-refractivity contribution in [2.24, 2.45) is 0 Å². The summed E-state index contributed by atoms with van der Waals surface area (Å²) in [6.07, 6.45) is 8.37. The number of rotatable bonds is 7. The number of carbonyl (C=O) groups is 1. The Morgan fingerprint density at radius 2 is 2.06 bits per heavy atom. The Labute approximate surface area is 200 Å². The lowest BCUT2D eigenvalue weighted by Gasteiger charge is -2.08. The van der Waals surface area contributed by atoms with E-state index in [9.17, 15) is 4.79 Å². The number of hydrogen-bond donors (Lipinski definition) is 1. The fraction of sp³-hybridized carbons (Fsp3) is 0.333. The van der Waals surface area contributed by atoms with Crippen LogP contribution in [-0.2, 0) is 24.1 Å². The number of amides is 1. The molecular weight excluding hydrogens is 460 g/mol. The molecule has 1 N–H and O–H groups in total. The van der Waals surface area contributed by atoms with Gasteiger partial charge in [-0.15, -0.1) is 11.3 Å². The Balaban J connectivity index is 1.45. The predicted octanol–water partition coefficient (Wildman–Crippen LogP) is 6.46. The van der Waals surface area contributed by atoms with Crippen molar-refractivity contribution < 1.29 is 4.79 Å². The average Bonchev–Trinajstić information content (AvgIpc) is 3.42. The molecule has 0 bridgehead atoms. The van der Waals surface area contributed by atoms with Crippen LogP contribution in [0.3, 0.4) is 0 Å². The first-order valence-corrected chi connectivity index (χ1v) is 13.1. The van der Waals surface area contributed by atoms with Crippen LogP contribution in [0.2, 0.25) is 5.02 Å². The van der Waals surface area contributed by atoms with Gasteiger partial charge in [-0.3, -0.25) is 4.79 Å². The Hall–Kier alpha value is -2.22. The van der Waals surface area contributed by atoms with Crippen molar-refractivity contribution in [2.45, 2.75) is 50.5 Å². The van der Waals surface area contributed by atoms with Crippen molar-refractivity contribution in [3.63, 3.8) is 0 Å². The summed E-state index contributed by atoms with van der Waals surface area (Å²) in [5.74, 6) is 0.135. The molecule has 8 heteroatoms. The van der Waals surface area contributed by atoms with Crippen LogP contribution < -0.4 is 5.32 Å². The number of para-hydroxylation sites is 1. The van der Waals surface area contributed by atoms with E-state index in [1.807, 2.05) is 12.1 Å². The number of anilines is 1. The van der Waals surface area contributed by atoms with Gasteiger partial charge in [0.05, 0.1) is 26.7 Å². The second-order valence-electron chi connectivity index (χ2n) is 7.93. The van der Waals surface area contributed by atoms with Gasteiger partial charge in [-0.1, -0.05) is 48.8 Å². The third-order valence-corrected chi connectivity index (χ3v) is 8.31. The van der Waals surface area contributed by atoms with Crippen LogP contribution in [0.4, 0.5) is 5.69 Å². The number of carbonyl (C=O) groups excluding carboxylic acids is 1. The van der Waals surface area contributed by atoms with E-state index < -0.39 is 0 Å². The van der Waals surface area contributed by atoms with Crippen molar-refractivity contribution >= 4 is 66.7 Å². The van der Waals surface area contributed by atoms with Crippen LogP contribution in [0.5, 0.6) is 0 Å². The Bertz CT molecular complexity index is 1320. The second-order valence-corrected chi connectivity index (χ2v) is 10.3. The van der Waals surface area contributed by atoms with Crippen molar-refractivity contribution in [3.05, 3.63) is 52.4 Å². The lowest BCUT2D eigenvalue weighted by atomic mass is 10.0. The second kappa shape index (κ2) is 9.33. The monoisotopic (exact) mass is 482 g/mol. The van der Waals surface area contributed by atoms with E-state index in [4.69, 9.17) is 16.6 Å². The molecule has 0 radical (unpaired) electrons. The number of nitrogens with one attached hydrogen (secondary N) is 1. The zero-order chi connectivity index (χ0) is 22.1. The normalized spacial score (nSPS) is 13.1. The molecule has 3 aromatic heterocycles. The van der Waals surface area contributed by atoms with Crippen LogP contribution >= 0.6 is 34.7 Å². The number of hydrogen-bond acceptors (Lipinski definition) is 6. The summed E-state index contributed by atoms with van der Waals surface area (Å²) < 4.78 is 1.02. The van der Waals surface area contributed by atoms with Gasteiger partial charge in [0.25, 0.3) is 0 Å². The highest BCUT2D eigenvalue weighted by Crippen LogP contribution is 2.42. The zero-order valence-corrected chi connectivity index (χ0v) is 20.2. The fourth-order valence-electron chi connectivity index (χ4n) is 4.29. The molecule has 0 fully saturated rings. The topological polar surface area (TPSA) is 67.8 Å². The first kappa shape index (κ1) is 21.6. The van der Waals surface area contributed by atoms with Crippen LogP contribution in [0, 0.1) is 0 Å². The number of unbranched alkanes of at least 4 members (excludes halogenated alkanes) is 1. The molecule has 32 heavy (non-hydrogen) atoms. The molecule has 0 unspecified atom stereocenters. The number of nitrogens with zero attached hydrogens (tertiary/aromatic N) is 3. The van der Waals surface area contributed by atoms with Crippen molar-refractivity contribution in [2.75, 3.05) is 11.1 Å². The molecule has 0 saturated carbocycles. The van der Waals surface area contributed by atoms with E-state index in [2.05, 4.69) is 22.2 Å². The fourth-order valence-corrected chi connectivity index (χ4v) is 6.53. The lowest BCUT2D eigenvalue weighted by molar-refractivity contribution is -0.113. The van der Waals surface area contributed by atoms with Gasteiger partial charge in [-0.2, -0.15) is 0 Å². The summed E-state index contributed by atoms with van der Waals surface area (Å²) in [6, 6.07) is 7.24. The van der Waals surface area contributed by atoms with Crippen LogP contribution in [0.25, 0.3) is 20.4 Å². The number of halogens is 1. The van der Waals surface area contributed by atoms with E-state index in [0.29, 0.717) is 10.7 Å². The zero-order valence-electron chi connectivity index (χ0n) is 17.8. The Kier molecular flexibility index (Phi) is 6.31. The molecule has 4 aromatic rings. The first-order chi connectivity index (χ1) is 15.7. The van der Waals surface area contributed by atoms with E-state index in [1.165, 1.54) is 46.8 Å². The quantitative estimate of drug-likeness (QED) is 0.242. The van der Waals surface area contributed by atoms with Gasteiger partial charge < -0.3 is 5.32 Å². The standard InChI is InChI=1S/C24H23ClN4OS2/c1-2-3-10-17-14-7-6-8-15(14)20-21-22(32-23(20)29-17)24(27-13-26-21)31-12-19(30)28-18-11-5-4-9-16(18)25/h4-5,9,11,13H,2-3,6-8,10,12H2,1H3,(H,28,30). The SMILES string of the molecule is CCCCc1nc2sc3c(SCC(=O)Nc4ccccc4Cl)ncnc3c2c2c1CCC2. The highest BCUT2D eigenvalue weighted by atomic mass is 35.5. The van der Waals surface area contributed by atoms with E-state index in [0.717, 1.165) is 45.8 Å². The maximum absolute atomic E-state index is 12.5. The van der Waals surface area contributed by atoms with E-state index >= 15 is 0 Å². The number of fused-ring (bicyclic) bond motifs is 5. The molecule has 1 aromatic carbocycles. The summed E-state index contributed by atoms with van der Waals surface area (Å²) in [5, 5.41) is 5.42. The molecule has 0 aliphatic heterocycles. The number of thiophene rings is 1. The Morgan fingerprint density at radius 3 is 2.91 bits per heavy atom. The highest BCUT2D eigenvalue weighted by molar-refractivity contribution is 8.00. The highest BCUT2D eigenvalue weighted by Gasteiger charge is 2.24. The predicted molar refractivity (Wildman–Crippen MR) is 134 cm³/mol. The molecule has 3 heterocycles. The molecule has 1 aliphatic carbocycles. The molecule has 5 rings (SSSR count). The molecular formula is C24H23ClN4OS2. The minimum atomic E-state index is -0.114. The summed E-state index contributed by atoms with van der Waals surface area (Å²) in [5.41, 5.74) is 5.73. The summed E-state index contributed by atoms with van der Waals surface area (Å²) in [4.78, 5) is 27.7. The average molecular weight is 483 g/mol. The van der Waals surface area contributed by atoms with Gasteiger partial charge in [0, 0.05) is 11.1 Å². The van der Waals surface area contributed by atoms with Gasteiger partial charge in [-0.05, 0) is 55.4 Å². The Morgan fingerprint density at radius 1 is 1.22 bits per heavy atom. The lowest BCUT2D eigenvalue weighted by Crippen LogP contribution is -2.14. The molecule has 1 aliphatic rings. The van der Waals surface area contributed by atoms with Gasteiger partial charge in [0.1, 0.15) is 16.2 Å². The third kappa shape index (κ3) is 4.09. The largest absolute Gasteiger partial charge is 0.324 e. The summed E-state index contributed by atoms with van der Waals surface area (Å²) in [7, 11) is 0. The minimum Gasteiger partial charge on any atom is -0.324 e. The van der Waals surface area contributed by atoms with E-state index in [1.54, 1.807) is 29.8 Å². The minimum absolute atomic E-state index is 0.114.